The first-order valence-electron chi connectivity index (χ1n) is 10.2. The van der Waals surface area contributed by atoms with E-state index in [4.69, 9.17) is 0 Å². The molecule has 3 aromatic rings. The molecule has 2 aliphatic rings. The summed E-state index contributed by atoms with van der Waals surface area (Å²) in [5, 5.41) is 8.60. The van der Waals surface area contributed by atoms with Crippen LogP contribution in [0.1, 0.15) is 19.8 Å². The summed E-state index contributed by atoms with van der Waals surface area (Å²) in [6.45, 7) is 5.31. The van der Waals surface area contributed by atoms with Crippen LogP contribution in [-0.2, 0) is 4.79 Å². The van der Waals surface area contributed by atoms with Gasteiger partial charge in [0, 0.05) is 32.2 Å². The maximum absolute atomic E-state index is 12.4. The first kappa shape index (κ1) is 18.1. The van der Waals surface area contributed by atoms with Crippen molar-refractivity contribution in [1.82, 2.24) is 30.0 Å². The minimum atomic E-state index is -0.0935. The number of benzene rings is 1. The maximum Gasteiger partial charge on any atom is 0.237 e. The normalized spacial score (nSPS) is 18.7. The van der Waals surface area contributed by atoms with Crippen molar-refractivity contribution in [3.8, 4) is 5.69 Å². The molecule has 150 valence electrons. The maximum atomic E-state index is 12.4. The Labute approximate surface area is 169 Å². The van der Waals surface area contributed by atoms with Crippen LogP contribution >= 0.6 is 0 Å². The van der Waals surface area contributed by atoms with Gasteiger partial charge in [0.1, 0.15) is 12.1 Å². The summed E-state index contributed by atoms with van der Waals surface area (Å²) in [5.74, 6) is 1.06. The number of nitrogens with zero attached hydrogens (tertiary/aromatic N) is 6. The molecule has 1 aromatic carbocycles. The van der Waals surface area contributed by atoms with Gasteiger partial charge >= 0.3 is 0 Å². The molecule has 1 saturated carbocycles. The zero-order valence-corrected chi connectivity index (χ0v) is 16.5. The van der Waals surface area contributed by atoms with Crippen molar-refractivity contribution in [1.29, 1.82) is 0 Å². The molecule has 1 atom stereocenters. The van der Waals surface area contributed by atoms with Crippen LogP contribution in [0.4, 0.5) is 5.82 Å². The summed E-state index contributed by atoms with van der Waals surface area (Å²) in [5.41, 5.74) is 1.79. The lowest BCUT2D eigenvalue weighted by Crippen LogP contribution is -2.54. The van der Waals surface area contributed by atoms with Crippen molar-refractivity contribution in [3.63, 3.8) is 0 Å². The van der Waals surface area contributed by atoms with E-state index in [1.807, 2.05) is 48.1 Å². The van der Waals surface area contributed by atoms with Gasteiger partial charge < -0.3 is 10.2 Å². The molecule has 0 bridgehead atoms. The monoisotopic (exact) mass is 391 g/mol. The van der Waals surface area contributed by atoms with E-state index in [0.29, 0.717) is 6.04 Å². The number of fused-ring (bicyclic) bond motifs is 1. The van der Waals surface area contributed by atoms with Crippen LogP contribution in [0.3, 0.4) is 0 Å². The molecule has 2 aromatic heterocycles. The minimum absolute atomic E-state index is 0.0935. The molecule has 2 fully saturated rings. The van der Waals surface area contributed by atoms with Crippen LogP contribution < -0.4 is 10.2 Å². The van der Waals surface area contributed by atoms with E-state index in [2.05, 4.69) is 30.2 Å². The molecular weight excluding hydrogens is 366 g/mol. The number of hydrogen-bond donors (Lipinski definition) is 1. The van der Waals surface area contributed by atoms with E-state index in [-0.39, 0.29) is 11.9 Å². The number of amides is 1. The third-order valence-electron chi connectivity index (χ3n) is 5.81. The number of carbonyl (C=O) groups is 1. The second-order valence-electron chi connectivity index (χ2n) is 7.81. The molecule has 1 amide bonds. The first-order valence-corrected chi connectivity index (χ1v) is 10.2. The van der Waals surface area contributed by atoms with Crippen LogP contribution in [0.25, 0.3) is 16.7 Å². The lowest BCUT2D eigenvalue weighted by atomic mass is 10.2. The van der Waals surface area contributed by atoms with Gasteiger partial charge in [-0.3, -0.25) is 9.69 Å². The molecule has 1 saturated heterocycles. The van der Waals surface area contributed by atoms with Crippen molar-refractivity contribution in [2.75, 3.05) is 31.1 Å². The highest BCUT2D eigenvalue weighted by molar-refractivity contribution is 5.87. The summed E-state index contributed by atoms with van der Waals surface area (Å²) in [6.07, 6.45) is 5.69. The van der Waals surface area contributed by atoms with Crippen molar-refractivity contribution in [3.05, 3.63) is 42.9 Å². The Bertz CT molecular complexity index is 1010. The van der Waals surface area contributed by atoms with E-state index >= 15 is 0 Å². The molecule has 3 heterocycles. The van der Waals surface area contributed by atoms with Gasteiger partial charge in [-0.2, -0.15) is 5.10 Å². The van der Waals surface area contributed by atoms with E-state index < -0.39 is 0 Å². The van der Waals surface area contributed by atoms with E-state index in [1.165, 1.54) is 0 Å². The molecule has 5 rings (SSSR count). The van der Waals surface area contributed by atoms with Crippen LogP contribution in [0.5, 0.6) is 0 Å². The molecule has 8 nitrogen and oxygen atoms in total. The zero-order chi connectivity index (χ0) is 19.8. The summed E-state index contributed by atoms with van der Waals surface area (Å²) < 4.78 is 1.85. The van der Waals surface area contributed by atoms with Gasteiger partial charge in [0.15, 0.2) is 5.65 Å². The first-order chi connectivity index (χ1) is 14.2. The Balaban J connectivity index is 1.32. The number of para-hydroxylation sites is 1. The summed E-state index contributed by atoms with van der Waals surface area (Å²) in [4.78, 5) is 25.9. The van der Waals surface area contributed by atoms with E-state index in [1.54, 1.807) is 6.33 Å². The Morgan fingerprint density at radius 3 is 2.59 bits per heavy atom. The molecule has 29 heavy (non-hydrogen) atoms. The van der Waals surface area contributed by atoms with Crippen molar-refractivity contribution < 1.29 is 4.79 Å². The number of carbonyl (C=O) groups excluding carboxylic acids is 1. The predicted octanol–water partition coefficient (Wildman–Crippen LogP) is 1.60. The van der Waals surface area contributed by atoms with Gasteiger partial charge in [0.2, 0.25) is 5.91 Å². The fourth-order valence-corrected chi connectivity index (χ4v) is 3.88. The van der Waals surface area contributed by atoms with Crippen LogP contribution in [0.15, 0.2) is 42.9 Å². The van der Waals surface area contributed by atoms with Crippen LogP contribution in [-0.4, -0.2) is 68.8 Å². The third-order valence-corrected chi connectivity index (χ3v) is 5.81. The minimum Gasteiger partial charge on any atom is -0.353 e. The number of nitrogens with one attached hydrogen (secondary N) is 1. The Hall–Kier alpha value is -3.00. The second-order valence-corrected chi connectivity index (χ2v) is 7.81. The van der Waals surface area contributed by atoms with E-state index in [9.17, 15) is 4.79 Å². The molecule has 8 heteroatoms. The topological polar surface area (TPSA) is 79.2 Å². The average molecular weight is 391 g/mol. The Morgan fingerprint density at radius 1 is 1.10 bits per heavy atom. The van der Waals surface area contributed by atoms with E-state index in [0.717, 1.165) is 61.6 Å². The SMILES string of the molecule is CC(C(=O)NC1CC1)N1CCN(c2ncnc3c2cnn3-c2ccccc2)CC1. The zero-order valence-electron chi connectivity index (χ0n) is 16.5. The van der Waals surface area contributed by atoms with Crippen molar-refractivity contribution >= 4 is 22.8 Å². The standard InChI is InChI=1S/C21H25N7O/c1-15(21(29)25-16-7-8-16)26-9-11-27(12-10-26)19-18-13-24-28(20(18)23-14-22-19)17-5-3-2-4-6-17/h2-6,13-16H,7-12H2,1H3,(H,25,29). The van der Waals surface area contributed by atoms with Crippen molar-refractivity contribution in [2.45, 2.75) is 31.8 Å². The van der Waals surface area contributed by atoms with Crippen LogP contribution in [0, 0.1) is 0 Å². The molecule has 1 aliphatic heterocycles. The van der Waals surface area contributed by atoms with Gasteiger partial charge in [0.05, 0.1) is 23.3 Å². The highest BCUT2D eigenvalue weighted by Crippen LogP contribution is 2.26. The molecule has 0 radical (unpaired) electrons. The number of aromatic nitrogens is 4. The lowest BCUT2D eigenvalue weighted by molar-refractivity contribution is -0.126. The van der Waals surface area contributed by atoms with Crippen molar-refractivity contribution in [2.24, 2.45) is 0 Å². The number of rotatable bonds is 5. The number of hydrogen-bond acceptors (Lipinski definition) is 6. The smallest absolute Gasteiger partial charge is 0.237 e. The molecular formula is C21H25N7O. The number of anilines is 1. The van der Waals surface area contributed by atoms with Gasteiger partial charge in [-0.25, -0.2) is 14.6 Å². The molecule has 1 N–H and O–H groups in total. The summed E-state index contributed by atoms with van der Waals surface area (Å²) >= 11 is 0. The Kier molecular flexibility index (Phi) is 4.63. The van der Waals surface area contributed by atoms with Crippen LogP contribution in [0.2, 0.25) is 0 Å². The predicted molar refractivity (Wildman–Crippen MR) is 111 cm³/mol. The van der Waals surface area contributed by atoms with Gasteiger partial charge in [-0.1, -0.05) is 18.2 Å². The highest BCUT2D eigenvalue weighted by atomic mass is 16.2. The summed E-state index contributed by atoms with van der Waals surface area (Å²) in [7, 11) is 0. The van der Waals surface area contributed by atoms with Gasteiger partial charge in [-0.05, 0) is 31.9 Å². The number of piperazine rings is 1. The quantitative estimate of drug-likeness (QED) is 0.712. The molecule has 0 spiro atoms. The fraction of sp³-hybridized carbons (Fsp3) is 0.429. The average Bonchev–Trinajstić information content (AvgIpc) is 3.48. The van der Waals surface area contributed by atoms with Gasteiger partial charge in [0.25, 0.3) is 0 Å². The largest absolute Gasteiger partial charge is 0.353 e. The summed E-state index contributed by atoms with van der Waals surface area (Å²) in [6, 6.07) is 10.3. The second kappa shape index (κ2) is 7.44. The fourth-order valence-electron chi connectivity index (χ4n) is 3.88. The Morgan fingerprint density at radius 2 is 1.86 bits per heavy atom. The molecule has 1 unspecified atom stereocenters. The van der Waals surface area contributed by atoms with Gasteiger partial charge in [-0.15, -0.1) is 0 Å². The third kappa shape index (κ3) is 3.55. The lowest BCUT2D eigenvalue weighted by Gasteiger charge is -2.38. The highest BCUT2D eigenvalue weighted by Gasteiger charge is 2.30. The molecule has 1 aliphatic carbocycles.